The van der Waals surface area contributed by atoms with E-state index in [2.05, 4.69) is 4.98 Å². The standard InChI is InChI=1S/C11H10N2O2/c1-5-3-6(2)13-10-8(14)4-7(12)11(15)9(5)10/h3-4H,12H2,1-2H3. The van der Waals surface area contributed by atoms with Crippen LogP contribution in [-0.2, 0) is 0 Å². The second-order valence-corrected chi connectivity index (χ2v) is 3.60. The summed E-state index contributed by atoms with van der Waals surface area (Å²) in [5.74, 6) is -0.608. The third kappa shape index (κ3) is 1.34. The van der Waals surface area contributed by atoms with Crippen molar-refractivity contribution < 1.29 is 9.59 Å². The molecule has 0 spiro atoms. The predicted molar refractivity (Wildman–Crippen MR) is 54.6 cm³/mol. The molecule has 0 unspecified atom stereocenters. The molecule has 1 heterocycles. The van der Waals surface area contributed by atoms with E-state index in [1.54, 1.807) is 19.9 Å². The molecule has 0 saturated heterocycles. The van der Waals surface area contributed by atoms with Gasteiger partial charge in [-0.3, -0.25) is 9.59 Å². The van der Waals surface area contributed by atoms with Crippen LogP contribution in [0.1, 0.15) is 32.1 Å². The first-order valence-electron chi connectivity index (χ1n) is 4.55. The Morgan fingerprint density at radius 2 is 1.93 bits per heavy atom. The topological polar surface area (TPSA) is 73.1 Å². The number of nitrogens with zero attached hydrogens (tertiary/aromatic N) is 1. The molecule has 76 valence electrons. The van der Waals surface area contributed by atoms with Crippen LogP contribution in [-0.4, -0.2) is 16.6 Å². The number of pyridine rings is 1. The van der Waals surface area contributed by atoms with E-state index in [1.165, 1.54) is 0 Å². The van der Waals surface area contributed by atoms with Gasteiger partial charge in [-0.25, -0.2) is 4.98 Å². The molecule has 1 aromatic rings. The van der Waals surface area contributed by atoms with Crippen molar-refractivity contribution in [2.75, 3.05) is 0 Å². The van der Waals surface area contributed by atoms with E-state index in [9.17, 15) is 9.59 Å². The van der Waals surface area contributed by atoms with Crippen molar-refractivity contribution in [2.24, 2.45) is 5.73 Å². The van der Waals surface area contributed by atoms with Crippen molar-refractivity contribution in [1.82, 2.24) is 4.98 Å². The summed E-state index contributed by atoms with van der Waals surface area (Å²) in [6.45, 7) is 3.56. The largest absolute Gasteiger partial charge is 0.395 e. The van der Waals surface area contributed by atoms with Crippen LogP contribution in [0.25, 0.3) is 0 Å². The van der Waals surface area contributed by atoms with Crippen molar-refractivity contribution in [3.8, 4) is 0 Å². The van der Waals surface area contributed by atoms with Crippen molar-refractivity contribution in [3.05, 3.63) is 40.4 Å². The number of ketones is 2. The van der Waals surface area contributed by atoms with Gasteiger partial charge in [0.25, 0.3) is 0 Å². The molecule has 1 aromatic heterocycles. The van der Waals surface area contributed by atoms with E-state index in [1.807, 2.05) is 0 Å². The second-order valence-electron chi connectivity index (χ2n) is 3.60. The monoisotopic (exact) mass is 202 g/mol. The molecule has 2 rings (SSSR count). The fraction of sp³-hybridized carbons (Fsp3) is 0.182. The van der Waals surface area contributed by atoms with E-state index in [4.69, 9.17) is 5.73 Å². The lowest BCUT2D eigenvalue weighted by molar-refractivity contribution is 0.0979. The molecular weight excluding hydrogens is 192 g/mol. The summed E-state index contributed by atoms with van der Waals surface area (Å²) in [4.78, 5) is 27.4. The Hall–Kier alpha value is -1.97. The number of hydrogen-bond donors (Lipinski definition) is 1. The Balaban J connectivity index is 2.78. The number of fused-ring (bicyclic) bond motifs is 1. The van der Waals surface area contributed by atoms with Crippen molar-refractivity contribution in [3.63, 3.8) is 0 Å². The van der Waals surface area contributed by atoms with Crippen LogP contribution in [0.4, 0.5) is 0 Å². The zero-order valence-corrected chi connectivity index (χ0v) is 8.50. The second kappa shape index (κ2) is 3.02. The molecule has 0 bridgehead atoms. The number of carbonyl (C=O) groups is 2. The maximum Gasteiger partial charge on any atom is 0.211 e. The van der Waals surface area contributed by atoms with Gasteiger partial charge in [0.05, 0.1) is 11.3 Å². The summed E-state index contributed by atoms with van der Waals surface area (Å²) < 4.78 is 0. The first kappa shape index (κ1) is 9.58. The van der Waals surface area contributed by atoms with Crippen LogP contribution >= 0.6 is 0 Å². The summed E-state index contributed by atoms with van der Waals surface area (Å²) in [5.41, 5.74) is 7.46. The molecule has 15 heavy (non-hydrogen) atoms. The smallest absolute Gasteiger partial charge is 0.211 e. The molecular formula is C11H10N2O2. The quantitative estimate of drug-likeness (QED) is 0.679. The van der Waals surface area contributed by atoms with Gasteiger partial charge in [0.1, 0.15) is 5.69 Å². The highest BCUT2D eigenvalue weighted by Crippen LogP contribution is 2.21. The van der Waals surface area contributed by atoms with Crippen molar-refractivity contribution in [2.45, 2.75) is 13.8 Å². The van der Waals surface area contributed by atoms with Gasteiger partial charge in [0.2, 0.25) is 11.6 Å². The van der Waals surface area contributed by atoms with Crippen LogP contribution in [0.2, 0.25) is 0 Å². The Labute approximate surface area is 86.8 Å². The van der Waals surface area contributed by atoms with Gasteiger partial charge in [0, 0.05) is 11.8 Å². The first-order valence-corrected chi connectivity index (χ1v) is 4.55. The van der Waals surface area contributed by atoms with Crippen LogP contribution < -0.4 is 5.73 Å². The van der Waals surface area contributed by atoms with E-state index >= 15 is 0 Å². The predicted octanol–water partition coefficient (Wildman–Crippen LogP) is 0.920. The summed E-state index contributed by atoms with van der Waals surface area (Å²) in [7, 11) is 0. The highest BCUT2D eigenvalue weighted by molar-refractivity contribution is 6.23. The maximum absolute atomic E-state index is 11.7. The van der Waals surface area contributed by atoms with Crippen LogP contribution in [0, 0.1) is 13.8 Å². The average Bonchev–Trinajstić information content (AvgIpc) is 2.13. The van der Waals surface area contributed by atoms with E-state index in [0.717, 1.165) is 17.3 Å². The summed E-state index contributed by atoms with van der Waals surface area (Å²) in [5, 5.41) is 0. The Bertz CT molecular complexity index is 516. The van der Waals surface area contributed by atoms with E-state index in [-0.39, 0.29) is 23.0 Å². The molecule has 0 saturated carbocycles. The number of hydrogen-bond acceptors (Lipinski definition) is 4. The molecule has 4 heteroatoms. The number of carbonyl (C=O) groups excluding carboxylic acids is 2. The van der Waals surface area contributed by atoms with Crippen LogP contribution in [0.5, 0.6) is 0 Å². The van der Waals surface area contributed by atoms with Gasteiger partial charge in [0.15, 0.2) is 0 Å². The number of rotatable bonds is 0. The van der Waals surface area contributed by atoms with Gasteiger partial charge in [-0.05, 0) is 25.5 Å². The number of Topliss-reactive ketones (excluding diaryl/α,β-unsaturated/α-hetero) is 1. The lowest BCUT2D eigenvalue weighted by Gasteiger charge is -2.14. The minimum Gasteiger partial charge on any atom is -0.395 e. The van der Waals surface area contributed by atoms with Gasteiger partial charge in [-0.15, -0.1) is 0 Å². The molecule has 0 radical (unpaired) electrons. The lowest BCUT2D eigenvalue weighted by Crippen LogP contribution is -2.24. The number of nitrogens with two attached hydrogens (primary N) is 1. The molecule has 0 aromatic carbocycles. The SMILES string of the molecule is Cc1cc(C)c2c(n1)C(=O)C=C(N)C2=O. The average molecular weight is 202 g/mol. The Kier molecular flexibility index (Phi) is 1.93. The summed E-state index contributed by atoms with van der Waals surface area (Å²) in [6, 6.07) is 1.77. The van der Waals surface area contributed by atoms with Gasteiger partial charge < -0.3 is 5.73 Å². The molecule has 0 aliphatic heterocycles. The van der Waals surface area contributed by atoms with Gasteiger partial charge in [-0.1, -0.05) is 0 Å². The van der Waals surface area contributed by atoms with Gasteiger partial charge >= 0.3 is 0 Å². The molecule has 1 aliphatic rings. The number of allylic oxidation sites excluding steroid dienone is 2. The first-order chi connectivity index (χ1) is 7.00. The molecule has 4 nitrogen and oxygen atoms in total. The maximum atomic E-state index is 11.7. The number of aryl methyl sites for hydroxylation is 2. The molecule has 0 fully saturated rings. The highest BCUT2D eigenvalue weighted by Gasteiger charge is 2.27. The molecule has 2 N–H and O–H groups in total. The normalized spacial score (nSPS) is 14.9. The van der Waals surface area contributed by atoms with Crippen LogP contribution in [0.3, 0.4) is 0 Å². The molecule has 0 amide bonds. The Morgan fingerprint density at radius 3 is 2.60 bits per heavy atom. The number of aromatic nitrogens is 1. The summed E-state index contributed by atoms with van der Waals surface area (Å²) >= 11 is 0. The highest BCUT2D eigenvalue weighted by atomic mass is 16.1. The third-order valence-electron chi connectivity index (χ3n) is 2.35. The van der Waals surface area contributed by atoms with Crippen LogP contribution in [0.15, 0.2) is 17.8 Å². The zero-order chi connectivity index (χ0) is 11.2. The molecule has 1 aliphatic carbocycles. The zero-order valence-electron chi connectivity index (χ0n) is 8.50. The molecule has 0 atom stereocenters. The van der Waals surface area contributed by atoms with Crippen molar-refractivity contribution >= 4 is 11.6 Å². The summed E-state index contributed by atoms with van der Waals surface area (Å²) in [6.07, 6.45) is 1.14. The Morgan fingerprint density at radius 1 is 1.27 bits per heavy atom. The van der Waals surface area contributed by atoms with E-state index < -0.39 is 0 Å². The van der Waals surface area contributed by atoms with Crippen molar-refractivity contribution in [1.29, 1.82) is 0 Å². The fourth-order valence-electron chi connectivity index (χ4n) is 1.72. The minimum atomic E-state index is -0.311. The van der Waals surface area contributed by atoms with E-state index in [0.29, 0.717) is 5.56 Å². The third-order valence-corrected chi connectivity index (χ3v) is 2.35. The lowest BCUT2D eigenvalue weighted by atomic mass is 9.93. The van der Waals surface area contributed by atoms with Gasteiger partial charge in [-0.2, -0.15) is 0 Å². The minimum absolute atomic E-state index is 0.0127. The fourth-order valence-corrected chi connectivity index (χ4v) is 1.72.